The molecule has 120 valence electrons. The van der Waals surface area contributed by atoms with Crippen molar-refractivity contribution < 1.29 is 23.1 Å². The molecule has 0 spiro atoms. The minimum atomic E-state index is -1.95. The van der Waals surface area contributed by atoms with Crippen LogP contribution in [0.4, 0.5) is 0 Å². The normalized spacial score (nSPS) is 18.4. The molecule has 0 aromatic rings. The topological polar surface area (TPSA) is 49.5 Å². The van der Waals surface area contributed by atoms with Gasteiger partial charge in [0.1, 0.15) is 6.10 Å². The van der Waals surface area contributed by atoms with Crippen molar-refractivity contribution in [2.75, 3.05) is 46.2 Å². The van der Waals surface area contributed by atoms with E-state index < -0.39 is 8.56 Å². The van der Waals surface area contributed by atoms with E-state index in [0.29, 0.717) is 6.10 Å². The first-order valence-corrected chi connectivity index (χ1v) is 10.3. The molecule has 0 saturated carbocycles. The third-order valence-corrected chi connectivity index (χ3v) is 6.16. The highest BCUT2D eigenvalue weighted by molar-refractivity contribution is 6.66. The molecule has 6 heteroatoms. The van der Waals surface area contributed by atoms with Gasteiger partial charge in [0.2, 0.25) is 0 Å². The van der Waals surface area contributed by atoms with Crippen molar-refractivity contribution in [3.8, 4) is 0 Å². The van der Waals surface area contributed by atoms with Gasteiger partial charge < -0.3 is 23.1 Å². The van der Waals surface area contributed by atoms with Crippen molar-refractivity contribution in [1.82, 2.24) is 0 Å². The van der Waals surface area contributed by atoms with E-state index in [0.717, 1.165) is 65.1 Å². The Morgan fingerprint density at radius 1 is 1.00 bits per heavy atom. The molecule has 20 heavy (non-hydrogen) atoms. The molecule has 1 aliphatic heterocycles. The van der Waals surface area contributed by atoms with Crippen LogP contribution in [0.15, 0.2) is 0 Å². The van der Waals surface area contributed by atoms with E-state index in [4.69, 9.17) is 23.1 Å². The predicted molar refractivity (Wildman–Crippen MR) is 80.3 cm³/mol. The summed E-state index contributed by atoms with van der Waals surface area (Å²) in [6, 6.07) is 0.990. The molecule has 0 bridgehead atoms. The molecule has 1 rings (SSSR count). The summed E-state index contributed by atoms with van der Waals surface area (Å²) < 4.78 is 27.7. The fourth-order valence-electron chi connectivity index (χ4n) is 2.04. The maximum Gasteiger partial charge on any atom is 0.334 e. The minimum Gasteiger partial charge on any atom is -0.395 e. The van der Waals surface area contributed by atoms with E-state index in [2.05, 4.69) is 6.55 Å². The van der Waals surface area contributed by atoms with E-state index in [9.17, 15) is 0 Å². The summed E-state index contributed by atoms with van der Waals surface area (Å²) >= 11 is 0. The van der Waals surface area contributed by atoms with Gasteiger partial charge in [0, 0.05) is 33.0 Å². The van der Waals surface area contributed by atoms with Crippen molar-refractivity contribution in [3.05, 3.63) is 0 Å². The maximum atomic E-state index is 5.79. The Labute approximate surface area is 124 Å². The second-order valence-electron chi connectivity index (χ2n) is 5.10. The lowest BCUT2D eigenvalue weighted by Gasteiger charge is -2.25. The van der Waals surface area contributed by atoms with Crippen LogP contribution in [0.25, 0.3) is 0 Å². The summed E-state index contributed by atoms with van der Waals surface area (Å²) in [5.74, 6) is 0. The first kappa shape index (κ1) is 18.1. The zero-order chi connectivity index (χ0) is 14.7. The van der Waals surface area contributed by atoms with Gasteiger partial charge in [0.15, 0.2) is 0 Å². The zero-order valence-corrected chi connectivity index (χ0v) is 14.2. The second kappa shape index (κ2) is 10.7. The van der Waals surface area contributed by atoms with Crippen LogP contribution in [0.3, 0.4) is 0 Å². The van der Waals surface area contributed by atoms with Crippen LogP contribution in [0.5, 0.6) is 0 Å². The molecule has 0 N–H and O–H groups in total. The number of rotatable bonds is 14. The van der Waals surface area contributed by atoms with E-state index in [1.807, 2.05) is 13.8 Å². The van der Waals surface area contributed by atoms with E-state index in [1.54, 1.807) is 0 Å². The van der Waals surface area contributed by atoms with Gasteiger partial charge in [-0.25, -0.2) is 0 Å². The lowest BCUT2D eigenvalue weighted by molar-refractivity contribution is 0.0748. The second-order valence-corrected chi connectivity index (χ2v) is 8.44. The fourth-order valence-corrected chi connectivity index (χ4v) is 4.42. The van der Waals surface area contributed by atoms with Crippen LogP contribution in [0.2, 0.25) is 12.6 Å². The Hall–Kier alpha value is 0.0169. The number of epoxide rings is 1. The molecule has 0 amide bonds. The van der Waals surface area contributed by atoms with Crippen LogP contribution in [0.1, 0.15) is 26.7 Å². The van der Waals surface area contributed by atoms with Crippen molar-refractivity contribution in [1.29, 1.82) is 0 Å². The highest BCUT2D eigenvalue weighted by atomic mass is 28.4. The quantitative estimate of drug-likeness (QED) is 0.280. The average molecular weight is 306 g/mol. The third-order valence-electron chi connectivity index (χ3n) is 3.10. The van der Waals surface area contributed by atoms with Gasteiger partial charge >= 0.3 is 8.56 Å². The van der Waals surface area contributed by atoms with Crippen LogP contribution in [-0.4, -0.2) is 60.9 Å². The van der Waals surface area contributed by atoms with Crippen molar-refractivity contribution >= 4 is 8.56 Å². The Kier molecular flexibility index (Phi) is 9.67. The van der Waals surface area contributed by atoms with E-state index >= 15 is 0 Å². The Balaban J connectivity index is 1.88. The SMILES string of the molecule is CCO[Si](C)(CCCOCCCOCC1CO1)OCC. The monoisotopic (exact) mass is 306 g/mol. The minimum absolute atomic E-state index is 0.357. The van der Waals surface area contributed by atoms with Gasteiger partial charge in [-0.05, 0) is 39.3 Å². The van der Waals surface area contributed by atoms with Crippen LogP contribution >= 0.6 is 0 Å². The Morgan fingerprint density at radius 3 is 2.20 bits per heavy atom. The first-order chi connectivity index (χ1) is 9.70. The summed E-state index contributed by atoms with van der Waals surface area (Å²) in [5, 5.41) is 0. The van der Waals surface area contributed by atoms with Gasteiger partial charge in [-0.3, -0.25) is 0 Å². The summed E-state index contributed by atoms with van der Waals surface area (Å²) in [7, 11) is -1.95. The number of ether oxygens (including phenoxy) is 3. The van der Waals surface area contributed by atoms with Crippen molar-refractivity contribution in [2.45, 2.75) is 45.4 Å². The summed E-state index contributed by atoms with van der Waals surface area (Å²) in [4.78, 5) is 0. The molecule has 1 atom stereocenters. The van der Waals surface area contributed by atoms with Crippen LogP contribution < -0.4 is 0 Å². The number of hydrogen-bond donors (Lipinski definition) is 0. The standard InChI is InChI=1S/C14H30O5Si/c1-4-18-20(3,19-5-2)11-7-10-15-8-6-9-16-12-14-13-17-14/h14H,4-13H2,1-3H3. The molecule has 0 radical (unpaired) electrons. The van der Waals surface area contributed by atoms with Crippen LogP contribution in [-0.2, 0) is 23.1 Å². The van der Waals surface area contributed by atoms with E-state index in [-0.39, 0.29) is 0 Å². The molecule has 1 saturated heterocycles. The molecule has 1 fully saturated rings. The van der Waals surface area contributed by atoms with Crippen molar-refractivity contribution in [3.63, 3.8) is 0 Å². The molecule has 0 aromatic carbocycles. The molecule has 0 aromatic heterocycles. The smallest absolute Gasteiger partial charge is 0.334 e. The zero-order valence-electron chi connectivity index (χ0n) is 13.2. The van der Waals surface area contributed by atoms with Gasteiger partial charge in [-0.1, -0.05) is 0 Å². The Bertz CT molecular complexity index is 230. The van der Waals surface area contributed by atoms with Gasteiger partial charge in [-0.2, -0.15) is 0 Å². The lowest BCUT2D eigenvalue weighted by Crippen LogP contribution is -2.38. The van der Waals surface area contributed by atoms with Gasteiger partial charge in [0.05, 0.1) is 13.2 Å². The predicted octanol–water partition coefficient (Wildman–Crippen LogP) is 2.34. The largest absolute Gasteiger partial charge is 0.395 e. The molecule has 1 heterocycles. The van der Waals surface area contributed by atoms with Crippen LogP contribution in [0, 0.1) is 0 Å². The summed E-state index contributed by atoms with van der Waals surface area (Å²) in [5.41, 5.74) is 0. The Morgan fingerprint density at radius 2 is 1.60 bits per heavy atom. The number of hydrogen-bond acceptors (Lipinski definition) is 5. The van der Waals surface area contributed by atoms with Crippen molar-refractivity contribution in [2.24, 2.45) is 0 Å². The highest BCUT2D eigenvalue weighted by Gasteiger charge is 2.29. The molecule has 1 aliphatic rings. The average Bonchev–Trinajstić information content (AvgIpc) is 3.21. The maximum absolute atomic E-state index is 5.79. The highest BCUT2D eigenvalue weighted by Crippen LogP contribution is 2.15. The third kappa shape index (κ3) is 9.04. The van der Waals surface area contributed by atoms with Gasteiger partial charge in [0.25, 0.3) is 0 Å². The molecule has 1 unspecified atom stereocenters. The summed E-state index contributed by atoms with van der Waals surface area (Å²) in [6.45, 7) is 11.5. The lowest BCUT2D eigenvalue weighted by atomic mass is 10.4. The fraction of sp³-hybridized carbons (Fsp3) is 1.00. The molecular formula is C14H30O5Si. The molecule has 5 nitrogen and oxygen atoms in total. The molecular weight excluding hydrogens is 276 g/mol. The van der Waals surface area contributed by atoms with Gasteiger partial charge in [-0.15, -0.1) is 0 Å². The molecule has 0 aliphatic carbocycles. The summed E-state index contributed by atoms with van der Waals surface area (Å²) in [6.07, 6.45) is 2.30. The first-order valence-electron chi connectivity index (χ1n) is 7.75. The van der Waals surface area contributed by atoms with E-state index in [1.165, 1.54) is 0 Å².